The second-order valence-corrected chi connectivity index (χ2v) is 6.27. The third kappa shape index (κ3) is 3.13. The van der Waals surface area contributed by atoms with Gasteiger partial charge in [-0.1, -0.05) is 40.7 Å². The summed E-state index contributed by atoms with van der Waals surface area (Å²) in [5.74, 6) is 8.52. The van der Waals surface area contributed by atoms with E-state index in [0.29, 0.717) is 34.2 Å². The maximum atomic E-state index is 6.02. The highest BCUT2D eigenvalue weighted by Gasteiger charge is 2.16. The lowest BCUT2D eigenvalue weighted by atomic mass is 10.1. The summed E-state index contributed by atoms with van der Waals surface area (Å²) in [6.45, 7) is 2.02. The zero-order valence-electron chi connectivity index (χ0n) is 13.3. The Morgan fingerprint density at radius 3 is 2.92 bits per heavy atom. The van der Waals surface area contributed by atoms with E-state index in [4.69, 9.17) is 14.8 Å². The van der Waals surface area contributed by atoms with Crippen molar-refractivity contribution < 1.29 is 8.94 Å². The van der Waals surface area contributed by atoms with E-state index in [2.05, 4.69) is 20.3 Å². The van der Waals surface area contributed by atoms with Crippen molar-refractivity contribution >= 4 is 11.8 Å². The lowest BCUT2D eigenvalue weighted by molar-refractivity contribution is 0.391. The smallest absolute Gasteiger partial charge is 0.237 e. The summed E-state index contributed by atoms with van der Waals surface area (Å²) in [5.41, 5.74) is 2.06. The van der Waals surface area contributed by atoms with Gasteiger partial charge in [0, 0.05) is 5.56 Å². The van der Waals surface area contributed by atoms with Crippen LogP contribution in [0.2, 0.25) is 0 Å². The summed E-state index contributed by atoms with van der Waals surface area (Å²) in [6, 6.07) is 11.5. The molecule has 1 aromatic carbocycles. The predicted molar refractivity (Wildman–Crippen MR) is 91.9 cm³/mol. The third-order valence-electron chi connectivity index (χ3n) is 3.48. The Hall–Kier alpha value is -3.07. The number of hydrogen-bond donors (Lipinski definition) is 1. The summed E-state index contributed by atoms with van der Waals surface area (Å²) >= 11 is 1.36. The molecule has 0 aliphatic carbocycles. The molecule has 0 fully saturated rings. The van der Waals surface area contributed by atoms with Gasteiger partial charge in [0.2, 0.25) is 22.7 Å². The van der Waals surface area contributed by atoms with Crippen molar-refractivity contribution in [1.82, 2.24) is 25.0 Å². The van der Waals surface area contributed by atoms with Crippen LogP contribution in [0, 0.1) is 6.92 Å². The first-order valence-electron chi connectivity index (χ1n) is 7.47. The van der Waals surface area contributed by atoms with E-state index in [1.165, 1.54) is 16.4 Å². The van der Waals surface area contributed by atoms with E-state index in [-0.39, 0.29) is 0 Å². The zero-order chi connectivity index (χ0) is 17.2. The summed E-state index contributed by atoms with van der Waals surface area (Å²) in [5, 5.41) is 12.7. The van der Waals surface area contributed by atoms with Gasteiger partial charge in [0.05, 0.1) is 12.0 Å². The van der Waals surface area contributed by atoms with Crippen molar-refractivity contribution in [2.75, 3.05) is 5.84 Å². The standard InChI is InChI=1S/C16H14N6O2S/c1-10-4-2-5-11(8-10)14-18-13(24-21-14)9-25-16-20-19-15(22(16)17)12-6-3-7-23-12/h2-8H,9,17H2,1H3. The first kappa shape index (κ1) is 15.5. The molecule has 0 unspecified atom stereocenters. The number of aryl methyl sites for hydroxylation is 1. The highest BCUT2D eigenvalue weighted by molar-refractivity contribution is 7.98. The number of hydrogen-bond acceptors (Lipinski definition) is 8. The summed E-state index contributed by atoms with van der Waals surface area (Å²) in [6.07, 6.45) is 1.56. The molecule has 2 N–H and O–H groups in total. The average Bonchev–Trinajstić information content (AvgIpc) is 3.34. The van der Waals surface area contributed by atoms with Gasteiger partial charge in [-0.25, -0.2) is 4.68 Å². The van der Waals surface area contributed by atoms with Crippen LogP contribution >= 0.6 is 11.8 Å². The van der Waals surface area contributed by atoms with Crippen LogP contribution < -0.4 is 5.84 Å². The Morgan fingerprint density at radius 2 is 2.12 bits per heavy atom. The molecule has 0 spiro atoms. The molecular formula is C16H14N6O2S. The maximum absolute atomic E-state index is 6.02. The van der Waals surface area contributed by atoms with Gasteiger partial charge in [-0.15, -0.1) is 10.2 Å². The molecule has 0 saturated heterocycles. The predicted octanol–water partition coefficient (Wildman–Crippen LogP) is 2.90. The van der Waals surface area contributed by atoms with E-state index < -0.39 is 0 Å². The number of nitrogens with zero attached hydrogens (tertiary/aromatic N) is 5. The molecule has 4 aromatic rings. The van der Waals surface area contributed by atoms with Gasteiger partial charge in [-0.3, -0.25) is 0 Å². The second kappa shape index (κ2) is 6.44. The van der Waals surface area contributed by atoms with E-state index in [0.717, 1.165) is 11.1 Å². The number of nitrogens with two attached hydrogens (primary N) is 1. The van der Waals surface area contributed by atoms with Crippen molar-refractivity contribution in [3.05, 3.63) is 54.1 Å². The molecule has 0 amide bonds. The highest BCUT2D eigenvalue weighted by Crippen LogP contribution is 2.25. The Labute approximate surface area is 147 Å². The van der Waals surface area contributed by atoms with Crippen LogP contribution in [-0.4, -0.2) is 25.0 Å². The van der Waals surface area contributed by atoms with Crippen molar-refractivity contribution in [3.63, 3.8) is 0 Å². The summed E-state index contributed by atoms with van der Waals surface area (Å²) < 4.78 is 12.0. The minimum absolute atomic E-state index is 0.437. The van der Waals surface area contributed by atoms with Crippen LogP contribution in [0.5, 0.6) is 0 Å². The van der Waals surface area contributed by atoms with Crippen LogP contribution in [0.1, 0.15) is 11.5 Å². The Balaban J connectivity index is 1.48. The number of benzene rings is 1. The van der Waals surface area contributed by atoms with Crippen LogP contribution in [0.3, 0.4) is 0 Å². The molecule has 8 nitrogen and oxygen atoms in total. The van der Waals surface area contributed by atoms with E-state index in [1.54, 1.807) is 18.4 Å². The topological polar surface area (TPSA) is 109 Å². The molecule has 126 valence electrons. The quantitative estimate of drug-likeness (QED) is 0.430. The van der Waals surface area contributed by atoms with Crippen molar-refractivity contribution in [2.24, 2.45) is 0 Å². The summed E-state index contributed by atoms with van der Waals surface area (Å²) in [7, 11) is 0. The minimum atomic E-state index is 0.437. The number of aromatic nitrogens is 5. The van der Waals surface area contributed by atoms with Gasteiger partial charge < -0.3 is 14.8 Å². The van der Waals surface area contributed by atoms with Gasteiger partial charge in [0.15, 0.2) is 5.76 Å². The van der Waals surface area contributed by atoms with Gasteiger partial charge in [-0.05, 0) is 25.1 Å². The molecule has 0 bridgehead atoms. The highest BCUT2D eigenvalue weighted by atomic mass is 32.2. The molecule has 3 aromatic heterocycles. The van der Waals surface area contributed by atoms with Crippen molar-refractivity contribution in [1.29, 1.82) is 0 Å². The Bertz CT molecular complexity index is 992. The van der Waals surface area contributed by atoms with Gasteiger partial charge in [0.1, 0.15) is 0 Å². The van der Waals surface area contributed by atoms with Gasteiger partial charge in [0.25, 0.3) is 0 Å². The Morgan fingerprint density at radius 1 is 1.20 bits per heavy atom. The zero-order valence-corrected chi connectivity index (χ0v) is 14.1. The fourth-order valence-electron chi connectivity index (χ4n) is 2.29. The maximum Gasteiger partial charge on any atom is 0.237 e. The first-order chi connectivity index (χ1) is 12.2. The van der Waals surface area contributed by atoms with E-state index >= 15 is 0 Å². The molecule has 0 aliphatic rings. The normalized spacial score (nSPS) is 11.1. The molecular weight excluding hydrogens is 340 g/mol. The molecule has 0 atom stereocenters. The molecule has 4 rings (SSSR count). The van der Waals surface area contributed by atoms with Crippen LogP contribution in [0.15, 0.2) is 56.8 Å². The second-order valence-electron chi connectivity index (χ2n) is 5.32. The lowest BCUT2D eigenvalue weighted by Gasteiger charge is -1.99. The molecule has 9 heteroatoms. The monoisotopic (exact) mass is 354 g/mol. The van der Waals surface area contributed by atoms with Crippen LogP contribution in [0.25, 0.3) is 23.0 Å². The van der Waals surface area contributed by atoms with Crippen LogP contribution in [-0.2, 0) is 5.75 Å². The van der Waals surface area contributed by atoms with E-state index in [9.17, 15) is 0 Å². The lowest BCUT2D eigenvalue weighted by Crippen LogP contribution is -2.11. The number of nitrogen functional groups attached to an aromatic ring is 1. The van der Waals surface area contributed by atoms with Crippen LogP contribution in [0.4, 0.5) is 0 Å². The molecule has 3 heterocycles. The fourth-order valence-corrected chi connectivity index (χ4v) is 2.98. The molecule has 25 heavy (non-hydrogen) atoms. The Kier molecular flexibility index (Phi) is 3.98. The number of thioether (sulfide) groups is 1. The minimum Gasteiger partial charge on any atom is -0.461 e. The molecule has 0 aliphatic heterocycles. The van der Waals surface area contributed by atoms with Crippen molar-refractivity contribution in [2.45, 2.75) is 17.8 Å². The number of rotatable bonds is 5. The average molecular weight is 354 g/mol. The molecule has 0 saturated carbocycles. The largest absolute Gasteiger partial charge is 0.461 e. The van der Waals surface area contributed by atoms with E-state index in [1.807, 2.05) is 31.2 Å². The first-order valence-corrected chi connectivity index (χ1v) is 8.46. The van der Waals surface area contributed by atoms with Gasteiger partial charge >= 0.3 is 0 Å². The number of furan rings is 1. The fraction of sp³-hybridized carbons (Fsp3) is 0.125. The third-order valence-corrected chi connectivity index (χ3v) is 4.40. The SMILES string of the molecule is Cc1cccc(-c2noc(CSc3nnc(-c4ccco4)n3N)n2)c1. The van der Waals surface area contributed by atoms with Gasteiger partial charge in [-0.2, -0.15) is 4.98 Å². The summed E-state index contributed by atoms with van der Waals surface area (Å²) in [4.78, 5) is 4.41. The van der Waals surface area contributed by atoms with Crippen molar-refractivity contribution in [3.8, 4) is 23.0 Å². The molecule has 0 radical (unpaired) electrons.